The highest BCUT2D eigenvalue weighted by Gasteiger charge is 2.06. The summed E-state index contributed by atoms with van der Waals surface area (Å²) in [5, 5.41) is 8.38. The van der Waals surface area contributed by atoms with Crippen molar-refractivity contribution in [2.75, 3.05) is 13.2 Å². The molecule has 0 amide bonds. The van der Waals surface area contributed by atoms with Crippen LogP contribution in [0.3, 0.4) is 0 Å². The molecule has 0 saturated heterocycles. The number of carbonyl (C=O) groups excluding carboxylic acids is 1. The predicted octanol–water partition coefficient (Wildman–Crippen LogP) is 0.155. The third-order valence-electron chi connectivity index (χ3n) is 1.55. The molecule has 80 valence electrons. The summed E-state index contributed by atoms with van der Waals surface area (Å²) in [6.07, 6.45) is 3.11. The Kier molecular flexibility index (Phi) is 6.39. The van der Waals surface area contributed by atoms with Gasteiger partial charge in [0.25, 0.3) is 0 Å². The molecular weight excluding hydrogens is 186 g/mol. The van der Waals surface area contributed by atoms with E-state index in [1.807, 2.05) is 0 Å². The molecule has 0 rings (SSSR count). The van der Waals surface area contributed by atoms with Gasteiger partial charge in [0.2, 0.25) is 0 Å². The number of carboxylic acid groups (broad SMARTS) is 1. The summed E-state index contributed by atoms with van der Waals surface area (Å²) < 4.78 is 4.75. The molecule has 0 saturated carbocycles. The molecule has 5 heteroatoms. The van der Waals surface area contributed by atoms with E-state index in [-0.39, 0.29) is 18.5 Å². The van der Waals surface area contributed by atoms with Gasteiger partial charge in [-0.15, -0.1) is 0 Å². The second kappa shape index (κ2) is 7.08. The Morgan fingerprint density at radius 1 is 1.57 bits per heavy atom. The Morgan fingerprint density at radius 2 is 2.21 bits per heavy atom. The average molecular weight is 201 g/mol. The standard InChI is InChI=1S/C9H15NO4/c1-7(11)14-6-8(4-5-10)2-3-9(12)13/h2-3,8H,4-6,10H2,1H3,(H,12,13). The Morgan fingerprint density at radius 3 is 2.64 bits per heavy atom. The van der Waals surface area contributed by atoms with Gasteiger partial charge in [0.1, 0.15) is 0 Å². The molecule has 0 aliphatic rings. The first-order chi connectivity index (χ1) is 6.56. The normalized spacial score (nSPS) is 12.7. The van der Waals surface area contributed by atoms with Crippen molar-refractivity contribution in [1.29, 1.82) is 0 Å². The molecule has 0 aromatic rings. The zero-order chi connectivity index (χ0) is 11.0. The molecule has 0 aliphatic carbocycles. The Hall–Kier alpha value is -1.36. The molecule has 0 aliphatic heterocycles. The van der Waals surface area contributed by atoms with Crippen LogP contribution in [0.15, 0.2) is 12.2 Å². The van der Waals surface area contributed by atoms with Crippen LogP contribution in [-0.4, -0.2) is 30.2 Å². The van der Waals surface area contributed by atoms with E-state index in [9.17, 15) is 9.59 Å². The molecular formula is C9H15NO4. The minimum absolute atomic E-state index is 0.125. The first-order valence-electron chi connectivity index (χ1n) is 4.30. The molecule has 5 nitrogen and oxygen atoms in total. The quantitative estimate of drug-likeness (QED) is 0.471. The number of hydrogen-bond acceptors (Lipinski definition) is 4. The highest BCUT2D eigenvalue weighted by Crippen LogP contribution is 2.04. The van der Waals surface area contributed by atoms with E-state index in [2.05, 4.69) is 0 Å². The van der Waals surface area contributed by atoms with E-state index in [1.165, 1.54) is 13.0 Å². The van der Waals surface area contributed by atoms with Crippen molar-refractivity contribution in [2.24, 2.45) is 11.7 Å². The number of ether oxygens (including phenoxy) is 1. The first-order valence-corrected chi connectivity index (χ1v) is 4.30. The topological polar surface area (TPSA) is 89.6 Å². The van der Waals surface area contributed by atoms with Gasteiger partial charge in [0.05, 0.1) is 6.61 Å². The van der Waals surface area contributed by atoms with E-state index in [1.54, 1.807) is 0 Å². The van der Waals surface area contributed by atoms with Crippen LogP contribution in [-0.2, 0) is 14.3 Å². The second-order valence-corrected chi connectivity index (χ2v) is 2.84. The fourth-order valence-corrected chi connectivity index (χ4v) is 0.892. The van der Waals surface area contributed by atoms with Crippen LogP contribution in [0.1, 0.15) is 13.3 Å². The molecule has 0 fully saturated rings. The molecule has 0 spiro atoms. The average Bonchev–Trinajstić information content (AvgIpc) is 2.09. The van der Waals surface area contributed by atoms with Gasteiger partial charge in [-0.1, -0.05) is 6.08 Å². The van der Waals surface area contributed by atoms with Gasteiger partial charge < -0.3 is 15.6 Å². The monoisotopic (exact) mass is 201 g/mol. The number of carboxylic acids is 1. The van der Waals surface area contributed by atoms with Crippen molar-refractivity contribution in [3.63, 3.8) is 0 Å². The lowest BCUT2D eigenvalue weighted by molar-refractivity contribution is -0.141. The van der Waals surface area contributed by atoms with Crippen molar-refractivity contribution in [3.05, 3.63) is 12.2 Å². The molecule has 1 atom stereocenters. The zero-order valence-electron chi connectivity index (χ0n) is 8.10. The predicted molar refractivity (Wildman–Crippen MR) is 50.6 cm³/mol. The van der Waals surface area contributed by atoms with Gasteiger partial charge in [0, 0.05) is 18.9 Å². The molecule has 0 aromatic carbocycles. The van der Waals surface area contributed by atoms with Gasteiger partial charge in [0.15, 0.2) is 0 Å². The van der Waals surface area contributed by atoms with Gasteiger partial charge in [-0.05, 0) is 13.0 Å². The van der Waals surface area contributed by atoms with Crippen molar-refractivity contribution in [3.8, 4) is 0 Å². The Balaban J connectivity index is 4.00. The summed E-state index contributed by atoms with van der Waals surface area (Å²) >= 11 is 0. The van der Waals surface area contributed by atoms with Gasteiger partial charge in [-0.2, -0.15) is 0 Å². The van der Waals surface area contributed by atoms with Gasteiger partial charge in [-0.25, -0.2) is 4.79 Å². The molecule has 0 heterocycles. The van der Waals surface area contributed by atoms with Gasteiger partial charge in [-0.3, -0.25) is 4.79 Å². The smallest absolute Gasteiger partial charge is 0.327 e. The van der Waals surface area contributed by atoms with E-state index in [0.29, 0.717) is 13.0 Å². The SMILES string of the molecule is CC(=O)OCC(C=CC(=O)O)CCN. The lowest BCUT2D eigenvalue weighted by atomic mass is 10.1. The molecule has 0 bridgehead atoms. The molecule has 14 heavy (non-hydrogen) atoms. The minimum atomic E-state index is -1.02. The van der Waals surface area contributed by atoms with Crippen LogP contribution >= 0.6 is 0 Å². The fraction of sp³-hybridized carbons (Fsp3) is 0.556. The number of aliphatic carboxylic acids is 1. The van der Waals surface area contributed by atoms with Crippen molar-refractivity contribution in [2.45, 2.75) is 13.3 Å². The highest BCUT2D eigenvalue weighted by atomic mass is 16.5. The Labute approximate surface area is 82.5 Å². The Bertz CT molecular complexity index is 225. The maximum absolute atomic E-state index is 10.5. The molecule has 3 N–H and O–H groups in total. The molecule has 0 aromatic heterocycles. The number of carbonyl (C=O) groups is 2. The summed E-state index contributed by atoms with van der Waals surface area (Å²) in [4.78, 5) is 20.7. The largest absolute Gasteiger partial charge is 0.478 e. The van der Waals surface area contributed by atoms with Crippen molar-refractivity contribution < 1.29 is 19.4 Å². The maximum Gasteiger partial charge on any atom is 0.327 e. The highest BCUT2D eigenvalue weighted by molar-refractivity contribution is 5.79. The third kappa shape index (κ3) is 7.30. The van der Waals surface area contributed by atoms with E-state index >= 15 is 0 Å². The number of nitrogens with two attached hydrogens (primary N) is 1. The number of rotatable bonds is 6. The number of esters is 1. The summed E-state index contributed by atoms with van der Waals surface area (Å²) in [5.74, 6) is -1.52. The lowest BCUT2D eigenvalue weighted by Crippen LogP contribution is -2.15. The van der Waals surface area contributed by atoms with Crippen LogP contribution < -0.4 is 5.73 Å². The van der Waals surface area contributed by atoms with E-state index in [4.69, 9.17) is 15.6 Å². The lowest BCUT2D eigenvalue weighted by Gasteiger charge is -2.10. The van der Waals surface area contributed by atoms with Crippen molar-refractivity contribution in [1.82, 2.24) is 0 Å². The van der Waals surface area contributed by atoms with E-state index in [0.717, 1.165) is 6.08 Å². The summed E-state index contributed by atoms with van der Waals surface area (Å²) in [6, 6.07) is 0. The molecule has 0 radical (unpaired) electrons. The minimum Gasteiger partial charge on any atom is -0.478 e. The zero-order valence-corrected chi connectivity index (χ0v) is 8.10. The first kappa shape index (κ1) is 12.6. The molecule has 1 unspecified atom stereocenters. The summed E-state index contributed by atoms with van der Waals surface area (Å²) in [7, 11) is 0. The summed E-state index contributed by atoms with van der Waals surface area (Å²) in [6.45, 7) is 1.91. The van der Waals surface area contributed by atoms with Crippen LogP contribution in [0, 0.1) is 5.92 Å². The number of hydrogen-bond donors (Lipinski definition) is 2. The van der Waals surface area contributed by atoms with Crippen LogP contribution in [0.4, 0.5) is 0 Å². The van der Waals surface area contributed by atoms with E-state index < -0.39 is 5.97 Å². The second-order valence-electron chi connectivity index (χ2n) is 2.84. The summed E-state index contributed by atoms with van der Waals surface area (Å²) in [5.41, 5.74) is 5.32. The van der Waals surface area contributed by atoms with Crippen LogP contribution in [0.5, 0.6) is 0 Å². The maximum atomic E-state index is 10.5. The third-order valence-corrected chi connectivity index (χ3v) is 1.55. The van der Waals surface area contributed by atoms with Gasteiger partial charge >= 0.3 is 11.9 Å². The fourth-order valence-electron chi connectivity index (χ4n) is 0.892. The van der Waals surface area contributed by atoms with Crippen LogP contribution in [0.2, 0.25) is 0 Å². The van der Waals surface area contributed by atoms with Crippen molar-refractivity contribution >= 4 is 11.9 Å². The van der Waals surface area contributed by atoms with Crippen LogP contribution in [0.25, 0.3) is 0 Å².